The smallest absolute Gasteiger partial charge is 0.266 e. The molecule has 4 rings (SSSR count). The summed E-state index contributed by atoms with van der Waals surface area (Å²) < 4.78 is 20.0. The Morgan fingerprint density at radius 3 is 2.61 bits per heavy atom. The van der Waals surface area contributed by atoms with Gasteiger partial charge in [-0.3, -0.25) is 14.2 Å². The number of amides is 1. The fourth-order valence-electron chi connectivity index (χ4n) is 3.31. The number of hydrogen-bond donors (Lipinski definition) is 2. The molecule has 31 heavy (non-hydrogen) atoms. The Morgan fingerprint density at radius 1 is 1.13 bits per heavy atom. The maximum atomic E-state index is 13.2. The van der Waals surface area contributed by atoms with Crippen molar-refractivity contribution < 1.29 is 13.9 Å². The van der Waals surface area contributed by atoms with Crippen LogP contribution in [0.1, 0.15) is 15.9 Å². The van der Waals surface area contributed by atoms with Crippen LogP contribution in [0.15, 0.2) is 71.5 Å². The lowest BCUT2D eigenvalue weighted by atomic mass is 10.1. The SMILES string of the molecule is COc1ccccc1CNC(=O)c1ccc2c(=O)n(-c3ccc(F)cc3)c(=S)[nH]c2c1. The number of aromatic nitrogens is 2. The zero-order valence-electron chi connectivity index (χ0n) is 16.5. The van der Waals surface area contributed by atoms with Crippen molar-refractivity contribution in [2.24, 2.45) is 0 Å². The van der Waals surface area contributed by atoms with Gasteiger partial charge in [-0.25, -0.2) is 4.39 Å². The van der Waals surface area contributed by atoms with Crippen molar-refractivity contribution in [1.82, 2.24) is 14.9 Å². The molecule has 0 fully saturated rings. The monoisotopic (exact) mass is 435 g/mol. The van der Waals surface area contributed by atoms with Gasteiger partial charge in [0.15, 0.2) is 4.77 Å². The fourth-order valence-corrected chi connectivity index (χ4v) is 3.61. The first-order valence-corrected chi connectivity index (χ1v) is 9.84. The number of carbonyl (C=O) groups is 1. The fraction of sp³-hybridized carbons (Fsp3) is 0.0870. The van der Waals surface area contributed by atoms with Crippen LogP contribution in [0.4, 0.5) is 4.39 Å². The summed E-state index contributed by atoms with van der Waals surface area (Å²) in [4.78, 5) is 28.6. The highest BCUT2D eigenvalue weighted by molar-refractivity contribution is 7.71. The number of rotatable bonds is 5. The molecule has 0 bridgehead atoms. The van der Waals surface area contributed by atoms with Gasteiger partial charge < -0.3 is 15.0 Å². The average molecular weight is 435 g/mol. The number of H-pyrrole nitrogens is 1. The molecule has 3 aromatic carbocycles. The molecule has 2 N–H and O–H groups in total. The van der Waals surface area contributed by atoms with Crippen molar-refractivity contribution in [1.29, 1.82) is 0 Å². The lowest BCUT2D eigenvalue weighted by Crippen LogP contribution is -2.24. The summed E-state index contributed by atoms with van der Waals surface area (Å²) in [5, 5.41) is 3.21. The van der Waals surface area contributed by atoms with Crippen molar-refractivity contribution in [3.05, 3.63) is 98.8 Å². The molecule has 4 aromatic rings. The van der Waals surface area contributed by atoms with Crippen LogP contribution in [0.5, 0.6) is 5.75 Å². The Hall–Kier alpha value is -3.78. The van der Waals surface area contributed by atoms with E-state index in [-0.39, 0.29) is 16.2 Å². The van der Waals surface area contributed by atoms with Crippen molar-refractivity contribution in [3.63, 3.8) is 0 Å². The molecule has 1 amide bonds. The highest BCUT2D eigenvalue weighted by Gasteiger charge is 2.12. The first-order chi connectivity index (χ1) is 15.0. The Kier molecular flexibility index (Phi) is 5.64. The van der Waals surface area contributed by atoms with Gasteiger partial charge in [-0.15, -0.1) is 0 Å². The van der Waals surface area contributed by atoms with E-state index in [2.05, 4.69) is 10.3 Å². The number of ether oxygens (including phenoxy) is 1. The molecule has 0 aliphatic heterocycles. The van der Waals surface area contributed by atoms with E-state index < -0.39 is 5.82 Å². The number of para-hydroxylation sites is 1. The predicted octanol–water partition coefficient (Wildman–Crippen LogP) is 4.13. The van der Waals surface area contributed by atoms with E-state index in [0.717, 1.165) is 5.56 Å². The first-order valence-electron chi connectivity index (χ1n) is 9.43. The van der Waals surface area contributed by atoms with Gasteiger partial charge >= 0.3 is 0 Å². The highest BCUT2D eigenvalue weighted by atomic mass is 32.1. The Labute approximate surface area is 181 Å². The minimum absolute atomic E-state index is 0.149. The molecular formula is C23H18FN3O3S. The molecule has 1 heterocycles. The second-order valence-electron chi connectivity index (χ2n) is 6.80. The third kappa shape index (κ3) is 4.10. The lowest BCUT2D eigenvalue weighted by Gasteiger charge is -2.11. The third-order valence-corrected chi connectivity index (χ3v) is 5.16. The van der Waals surface area contributed by atoms with E-state index in [1.54, 1.807) is 25.3 Å². The number of aromatic amines is 1. The lowest BCUT2D eigenvalue weighted by molar-refractivity contribution is 0.0951. The van der Waals surface area contributed by atoms with Crippen molar-refractivity contribution in [2.45, 2.75) is 6.54 Å². The summed E-state index contributed by atoms with van der Waals surface area (Å²) >= 11 is 5.33. The van der Waals surface area contributed by atoms with Crippen molar-refractivity contribution in [2.75, 3.05) is 7.11 Å². The number of benzene rings is 3. The minimum atomic E-state index is -0.406. The molecular weight excluding hydrogens is 417 g/mol. The van der Waals surface area contributed by atoms with E-state index in [0.29, 0.717) is 34.4 Å². The summed E-state index contributed by atoms with van der Waals surface area (Å²) in [5.74, 6) is -0.0159. The Morgan fingerprint density at radius 2 is 1.87 bits per heavy atom. The van der Waals surface area contributed by atoms with Gasteiger partial charge in [-0.05, 0) is 60.7 Å². The van der Waals surface area contributed by atoms with Crippen LogP contribution in [-0.4, -0.2) is 22.6 Å². The number of nitrogens with one attached hydrogen (secondary N) is 2. The standard InChI is InChI=1S/C23H18FN3O3S/c1-30-20-5-3-2-4-15(20)13-25-21(28)14-6-11-18-19(12-14)26-23(31)27(22(18)29)17-9-7-16(24)8-10-17/h2-12H,13H2,1H3,(H,25,28)(H,26,31). The molecule has 0 aliphatic carbocycles. The van der Waals surface area contributed by atoms with E-state index >= 15 is 0 Å². The van der Waals surface area contributed by atoms with Crippen molar-refractivity contribution in [3.8, 4) is 11.4 Å². The van der Waals surface area contributed by atoms with Gasteiger partial charge in [0.25, 0.3) is 11.5 Å². The second-order valence-corrected chi connectivity index (χ2v) is 7.19. The topological polar surface area (TPSA) is 76.1 Å². The highest BCUT2D eigenvalue weighted by Crippen LogP contribution is 2.18. The average Bonchev–Trinajstić information content (AvgIpc) is 2.78. The van der Waals surface area contributed by atoms with Gasteiger partial charge in [0.05, 0.1) is 23.7 Å². The third-order valence-electron chi connectivity index (χ3n) is 4.88. The first kappa shape index (κ1) is 20.5. The van der Waals surface area contributed by atoms with E-state index in [1.165, 1.54) is 28.8 Å². The number of methoxy groups -OCH3 is 1. The van der Waals surface area contributed by atoms with E-state index in [9.17, 15) is 14.0 Å². The molecule has 8 heteroatoms. The van der Waals surface area contributed by atoms with Crippen LogP contribution >= 0.6 is 12.2 Å². The maximum Gasteiger partial charge on any atom is 0.266 e. The summed E-state index contributed by atoms with van der Waals surface area (Å²) in [7, 11) is 1.57. The molecule has 1 aromatic heterocycles. The number of nitrogens with zero attached hydrogens (tertiary/aromatic N) is 1. The molecule has 6 nitrogen and oxygen atoms in total. The van der Waals surface area contributed by atoms with Crippen LogP contribution < -0.4 is 15.6 Å². The van der Waals surface area contributed by atoms with Gasteiger partial charge in [0.2, 0.25) is 0 Å². The van der Waals surface area contributed by atoms with Crippen LogP contribution in [0.2, 0.25) is 0 Å². The number of carbonyl (C=O) groups excluding carboxylic acids is 1. The summed E-state index contributed by atoms with van der Waals surface area (Å²) in [5.41, 5.74) is 1.77. The van der Waals surface area contributed by atoms with Crippen LogP contribution in [-0.2, 0) is 6.54 Å². The van der Waals surface area contributed by atoms with Gasteiger partial charge in [-0.2, -0.15) is 0 Å². The Bertz CT molecular complexity index is 1390. The normalized spacial score (nSPS) is 10.8. The maximum absolute atomic E-state index is 13.2. The van der Waals surface area contributed by atoms with E-state index in [4.69, 9.17) is 17.0 Å². The molecule has 0 spiro atoms. The molecule has 0 saturated heterocycles. The zero-order valence-corrected chi connectivity index (χ0v) is 17.3. The quantitative estimate of drug-likeness (QED) is 0.462. The Balaban J connectivity index is 1.64. The number of halogens is 1. The van der Waals surface area contributed by atoms with Gasteiger partial charge in [-0.1, -0.05) is 18.2 Å². The summed E-state index contributed by atoms with van der Waals surface area (Å²) in [6.07, 6.45) is 0. The molecule has 0 radical (unpaired) electrons. The molecule has 0 atom stereocenters. The number of fused-ring (bicyclic) bond motifs is 1. The molecule has 0 unspecified atom stereocenters. The van der Waals surface area contributed by atoms with Crippen LogP contribution in [0.3, 0.4) is 0 Å². The van der Waals surface area contributed by atoms with Crippen molar-refractivity contribution >= 4 is 29.0 Å². The largest absolute Gasteiger partial charge is 0.496 e. The van der Waals surface area contributed by atoms with E-state index in [1.807, 2.05) is 24.3 Å². The predicted molar refractivity (Wildman–Crippen MR) is 119 cm³/mol. The number of hydrogen-bond acceptors (Lipinski definition) is 4. The molecule has 0 saturated carbocycles. The van der Waals surface area contributed by atoms with Crippen LogP contribution in [0, 0.1) is 10.6 Å². The summed E-state index contributed by atoms with van der Waals surface area (Å²) in [6.45, 7) is 0.295. The molecule has 0 aliphatic rings. The molecule has 156 valence electrons. The van der Waals surface area contributed by atoms with Gasteiger partial charge in [0, 0.05) is 17.7 Å². The minimum Gasteiger partial charge on any atom is -0.496 e. The summed E-state index contributed by atoms with van der Waals surface area (Å²) in [6, 6.07) is 17.6. The zero-order chi connectivity index (χ0) is 22.0. The van der Waals surface area contributed by atoms with Gasteiger partial charge in [0.1, 0.15) is 11.6 Å². The van der Waals surface area contributed by atoms with Crippen LogP contribution in [0.25, 0.3) is 16.6 Å². The second kappa shape index (κ2) is 8.53.